The molecule has 1 N–H and O–H groups in total. The van der Waals surface area contributed by atoms with Crippen molar-refractivity contribution in [2.45, 2.75) is 26.4 Å². The monoisotopic (exact) mass is 307 g/mol. The molecule has 0 heterocycles. The third-order valence-electron chi connectivity index (χ3n) is 3.30. The highest BCUT2D eigenvalue weighted by Gasteiger charge is 2.10. The van der Waals surface area contributed by atoms with Crippen molar-refractivity contribution >= 4 is 17.3 Å². The van der Waals surface area contributed by atoms with Crippen LogP contribution in [0.2, 0.25) is 5.02 Å². The number of benzene rings is 2. The number of aryl methyl sites for hydroxylation is 1. The van der Waals surface area contributed by atoms with E-state index in [1.165, 1.54) is 6.07 Å². The van der Waals surface area contributed by atoms with Crippen molar-refractivity contribution in [3.8, 4) is 5.75 Å². The number of rotatable bonds is 6. The lowest BCUT2D eigenvalue weighted by Crippen LogP contribution is -2.25. The van der Waals surface area contributed by atoms with Gasteiger partial charge >= 0.3 is 0 Å². The normalized spacial score (nSPS) is 12.0. The molecule has 0 fully saturated rings. The first kappa shape index (κ1) is 15.6. The van der Waals surface area contributed by atoms with Crippen molar-refractivity contribution in [2.75, 3.05) is 11.9 Å². The molecule has 2 aromatic rings. The molecule has 21 heavy (non-hydrogen) atoms. The van der Waals surface area contributed by atoms with E-state index in [9.17, 15) is 4.39 Å². The van der Waals surface area contributed by atoms with Gasteiger partial charge in [0.2, 0.25) is 0 Å². The van der Waals surface area contributed by atoms with Crippen molar-refractivity contribution in [3.63, 3.8) is 0 Å². The quantitative estimate of drug-likeness (QED) is 0.805. The maximum Gasteiger partial charge on any atom is 0.141 e. The molecule has 0 aliphatic carbocycles. The van der Waals surface area contributed by atoms with Gasteiger partial charge in [0.1, 0.15) is 17.7 Å². The van der Waals surface area contributed by atoms with Gasteiger partial charge in [-0.2, -0.15) is 0 Å². The van der Waals surface area contributed by atoms with E-state index in [0.717, 1.165) is 23.4 Å². The van der Waals surface area contributed by atoms with Crippen LogP contribution in [0.1, 0.15) is 18.9 Å². The number of hydrogen-bond donors (Lipinski definition) is 1. The Morgan fingerprint density at radius 1 is 1.24 bits per heavy atom. The summed E-state index contributed by atoms with van der Waals surface area (Å²) in [6.45, 7) is 4.73. The average molecular weight is 308 g/mol. The lowest BCUT2D eigenvalue weighted by molar-refractivity contribution is 0.208. The minimum Gasteiger partial charge on any atom is -0.488 e. The Kier molecular flexibility index (Phi) is 5.45. The fourth-order valence-electron chi connectivity index (χ4n) is 1.98. The second kappa shape index (κ2) is 7.32. The summed E-state index contributed by atoms with van der Waals surface area (Å²) in [4.78, 5) is 0. The van der Waals surface area contributed by atoms with Gasteiger partial charge in [-0.1, -0.05) is 36.7 Å². The van der Waals surface area contributed by atoms with Gasteiger partial charge in [-0.15, -0.1) is 0 Å². The zero-order valence-corrected chi connectivity index (χ0v) is 13.0. The number of nitrogens with one attached hydrogen (secondary N) is 1. The Morgan fingerprint density at radius 2 is 2.00 bits per heavy atom. The number of para-hydroxylation sites is 1. The van der Waals surface area contributed by atoms with Crippen LogP contribution >= 0.6 is 11.6 Å². The van der Waals surface area contributed by atoms with Crippen LogP contribution in [0.25, 0.3) is 0 Å². The summed E-state index contributed by atoms with van der Waals surface area (Å²) in [7, 11) is 0. The number of hydrogen-bond acceptors (Lipinski definition) is 2. The SMILES string of the molecule is CC[C@H](CNc1ccc(F)c(Cl)c1)Oc1ccccc1C. The first-order chi connectivity index (χ1) is 10.1. The Hall–Kier alpha value is -1.74. The molecule has 0 bridgehead atoms. The lowest BCUT2D eigenvalue weighted by atomic mass is 10.2. The third-order valence-corrected chi connectivity index (χ3v) is 3.59. The van der Waals surface area contributed by atoms with E-state index < -0.39 is 5.82 Å². The van der Waals surface area contributed by atoms with Crippen molar-refractivity contribution < 1.29 is 9.13 Å². The van der Waals surface area contributed by atoms with Gasteiger partial charge in [0.25, 0.3) is 0 Å². The van der Waals surface area contributed by atoms with Crippen LogP contribution in [0.4, 0.5) is 10.1 Å². The molecule has 0 saturated heterocycles. The Labute approximate surface area is 129 Å². The minimum atomic E-state index is -0.412. The lowest BCUT2D eigenvalue weighted by Gasteiger charge is -2.20. The molecule has 1 atom stereocenters. The van der Waals surface area contributed by atoms with Crippen LogP contribution in [-0.2, 0) is 0 Å². The Morgan fingerprint density at radius 3 is 2.67 bits per heavy atom. The van der Waals surface area contributed by atoms with E-state index >= 15 is 0 Å². The van der Waals surface area contributed by atoms with Gasteiger partial charge in [-0.05, 0) is 43.2 Å². The molecule has 4 heteroatoms. The summed E-state index contributed by atoms with van der Waals surface area (Å²) in [6.07, 6.45) is 0.908. The van der Waals surface area contributed by atoms with Crippen molar-refractivity contribution in [2.24, 2.45) is 0 Å². The first-order valence-electron chi connectivity index (χ1n) is 7.01. The van der Waals surface area contributed by atoms with E-state index in [2.05, 4.69) is 12.2 Å². The molecule has 112 valence electrons. The van der Waals surface area contributed by atoms with Gasteiger partial charge in [0, 0.05) is 5.69 Å². The molecule has 0 aliphatic heterocycles. The van der Waals surface area contributed by atoms with Crippen LogP contribution in [0.3, 0.4) is 0 Å². The van der Waals surface area contributed by atoms with E-state index in [0.29, 0.717) is 6.54 Å². The summed E-state index contributed by atoms with van der Waals surface area (Å²) in [5.74, 6) is 0.480. The molecule has 0 aromatic heterocycles. The zero-order valence-electron chi connectivity index (χ0n) is 12.2. The average Bonchev–Trinajstić information content (AvgIpc) is 2.49. The van der Waals surface area contributed by atoms with E-state index in [-0.39, 0.29) is 11.1 Å². The fraction of sp³-hybridized carbons (Fsp3) is 0.294. The summed E-state index contributed by atoms with van der Waals surface area (Å²) in [6, 6.07) is 12.5. The number of ether oxygens (including phenoxy) is 1. The van der Waals surface area contributed by atoms with E-state index in [4.69, 9.17) is 16.3 Å². The van der Waals surface area contributed by atoms with Crippen LogP contribution in [0.5, 0.6) is 5.75 Å². The fourth-order valence-corrected chi connectivity index (χ4v) is 2.16. The van der Waals surface area contributed by atoms with Crippen LogP contribution in [-0.4, -0.2) is 12.6 Å². The van der Waals surface area contributed by atoms with Gasteiger partial charge < -0.3 is 10.1 Å². The summed E-state index contributed by atoms with van der Waals surface area (Å²) >= 11 is 5.77. The highest BCUT2D eigenvalue weighted by molar-refractivity contribution is 6.31. The maximum atomic E-state index is 13.1. The molecule has 2 nitrogen and oxygen atoms in total. The molecule has 0 unspecified atom stereocenters. The van der Waals surface area contributed by atoms with E-state index in [1.807, 2.05) is 31.2 Å². The summed E-state index contributed by atoms with van der Waals surface area (Å²) in [5.41, 5.74) is 1.90. The zero-order chi connectivity index (χ0) is 15.2. The molecule has 0 saturated carbocycles. The van der Waals surface area contributed by atoms with Crippen LogP contribution < -0.4 is 10.1 Å². The number of halogens is 2. The Balaban J connectivity index is 1.96. The third kappa shape index (κ3) is 4.36. The smallest absolute Gasteiger partial charge is 0.141 e. The highest BCUT2D eigenvalue weighted by Crippen LogP contribution is 2.21. The van der Waals surface area contributed by atoms with Crippen molar-refractivity contribution in [3.05, 3.63) is 58.9 Å². The van der Waals surface area contributed by atoms with Crippen LogP contribution in [0.15, 0.2) is 42.5 Å². The van der Waals surface area contributed by atoms with Crippen molar-refractivity contribution in [1.29, 1.82) is 0 Å². The molecule has 0 aliphatic rings. The predicted molar refractivity (Wildman–Crippen MR) is 85.8 cm³/mol. The Bertz CT molecular complexity index is 603. The van der Waals surface area contributed by atoms with Crippen molar-refractivity contribution in [1.82, 2.24) is 0 Å². The second-order valence-corrected chi connectivity index (χ2v) is 5.33. The predicted octanol–water partition coefficient (Wildman–Crippen LogP) is 5.06. The topological polar surface area (TPSA) is 21.3 Å². The van der Waals surface area contributed by atoms with Gasteiger partial charge in [-0.25, -0.2) is 4.39 Å². The molecular formula is C17H19ClFNO. The molecule has 2 aromatic carbocycles. The second-order valence-electron chi connectivity index (χ2n) is 4.92. The van der Waals surface area contributed by atoms with E-state index in [1.54, 1.807) is 12.1 Å². The number of anilines is 1. The standard InChI is InChI=1S/C17H19ClFNO/c1-3-14(21-17-7-5-4-6-12(17)2)11-20-13-8-9-16(19)15(18)10-13/h4-10,14,20H,3,11H2,1-2H3/t14-/m1/s1. The summed E-state index contributed by atoms with van der Waals surface area (Å²) < 4.78 is 19.1. The molecule has 0 radical (unpaired) electrons. The first-order valence-corrected chi connectivity index (χ1v) is 7.39. The van der Waals surface area contributed by atoms with Gasteiger partial charge in [0.15, 0.2) is 0 Å². The largest absolute Gasteiger partial charge is 0.488 e. The maximum absolute atomic E-state index is 13.1. The minimum absolute atomic E-state index is 0.0370. The molecule has 0 amide bonds. The summed E-state index contributed by atoms with van der Waals surface area (Å²) in [5, 5.41) is 3.35. The molecule has 2 rings (SSSR count). The molecule has 0 spiro atoms. The van der Waals surface area contributed by atoms with Gasteiger partial charge in [-0.3, -0.25) is 0 Å². The molecular weight excluding hydrogens is 289 g/mol. The highest BCUT2D eigenvalue weighted by atomic mass is 35.5. The van der Waals surface area contributed by atoms with Gasteiger partial charge in [0.05, 0.1) is 11.6 Å². The van der Waals surface area contributed by atoms with Crippen LogP contribution in [0, 0.1) is 12.7 Å².